The minimum atomic E-state index is 0.383. The lowest BCUT2D eigenvalue weighted by molar-refractivity contribution is 0.122. The second kappa shape index (κ2) is 10.9. The van der Waals surface area contributed by atoms with E-state index in [1.807, 2.05) is 19.3 Å². The van der Waals surface area contributed by atoms with Crippen LogP contribution in [0.3, 0.4) is 0 Å². The van der Waals surface area contributed by atoms with Crippen molar-refractivity contribution in [3.8, 4) is 17.1 Å². The van der Waals surface area contributed by atoms with Crippen molar-refractivity contribution in [3.05, 3.63) is 36.0 Å². The van der Waals surface area contributed by atoms with Gasteiger partial charge in [0.1, 0.15) is 23.0 Å². The lowest BCUT2D eigenvalue weighted by Gasteiger charge is -2.29. The van der Waals surface area contributed by atoms with Gasteiger partial charge in [0.25, 0.3) is 0 Å². The SMILES string of the molecule is COc1cc(N2CCOCC2)ccc1CNc1nc(NC2CCCCC2)c2c(-c3ccn(C)n3)n[nH]c2n1. The van der Waals surface area contributed by atoms with E-state index >= 15 is 0 Å². The van der Waals surface area contributed by atoms with Gasteiger partial charge in [0, 0.05) is 56.2 Å². The number of hydrogen-bond acceptors (Lipinski definition) is 9. The minimum absolute atomic E-state index is 0.383. The molecule has 0 radical (unpaired) electrons. The van der Waals surface area contributed by atoms with Crippen LogP contribution in [0.25, 0.3) is 22.4 Å². The van der Waals surface area contributed by atoms with E-state index in [2.05, 4.69) is 49.0 Å². The molecular formula is C27H35N9O2. The molecule has 2 aliphatic rings. The van der Waals surface area contributed by atoms with E-state index < -0.39 is 0 Å². The van der Waals surface area contributed by atoms with Gasteiger partial charge < -0.3 is 25.0 Å². The summed E-state index contributed by atoms with van der Waals surface area (Å²) >= 11 is 0. The lowest BCUT2D eigenvalue weighted by Crippen LogP contribution is -2.36. The van der Waals surface area contributed by atoms with Crippen molar-refractivity contribution in [2.45, 2.75) is 44.7 Å². The molecule has 4 heterocycles. The van der Waals surface area contributed by atoms with E-state index in [1.54, 1.807) is 11.8 Å². The smallest absolute Gasteiger partial charge is 0.226 e. The third-order valence-electron chi connectivity index (χ3n) is 7.41. The number of benzene rings is 1. The molecule has 0 unspecified atom stereocenters. The molecule has 0 spiro atoms. The van der Waals surface area contributed by atoms with E-state index in [9.17, 15) is 0 Å². The highest BCUT2D eigenvalue weighted by Gasteiger charge is 2.22. The molecule has 3 N–H and O–H groups in total. The maximum atomic E-state index is 5.74. The van der Waals surface area contributed by atoms with Crippen molar-refractivity contribution in [3.63, 3.8) is 0 Å². The fourth-order valence-corrected chi connectivity index (χ4v) is 5.35. The van der Waals surface area contributed by atoms with Gasteiger partial charge in [0.05, 0.1) is 25.7 Å². The molecule has 0 amide bonds. The summed E-state index contributed by atoms with van der Waals surface area (Å²) in [5.41, 5.74) is 4.40. The molecule has 11 heteroatoms. The Bertz CT molecular complexity index is 1390. The lowest BCUT2D eigenvalue weighted by atomic mass is 9.95. The van der Waals surface area contributed by atoms with E-state index in [0.29, 0.717) is 24.2 Å². The van der Waals surface area contributed by atoms with Crippen LogP contribution in [0.1, 0.15) is 37.7 Å². The van der Waals surface area contributed by atoms with Crippen LogP contribution in [0.15, 0.2) is 30.5 Å². The summed E-state index contributed by atoms with van der Waals surface area (Å²) in [4.78, 5) is 12.0. The van der Waals surface area contributed by atoms with Gasteiger partial charge in [-0.2, -0.15) is 20.2 Å². The molecule has 4 aromatic rings. The molecular weight excluding hydrogens is 482 g/mol. The van der Waals surface area contributed by atoms with Gasteiger partial charge in [-0.25, -0.2) is 0 Å². The molecule has 6 rings (SSSR count). The van der Waals surface area contributed by atoms with Crippen LogP contribution in [0.4, 0.5) is 17.5 Å². The van der Waals surface area contributed by atoms with Crippen molar-refractivity contribution in [2.24, 2.45) is 7.05 Å². The third-order valence-corrected chi connectivity index (χ3v) is 7.41. The van der Waals surface area contributed by atoms with Crippen molar-refractivity contribution < 1.29 is 9.47 Å². The molecule has 11 nitrogen and oxygen atoms in total. The van der Waals surface area contributed by atoms with Gasteiger partial charge in [-0.05, 0) is 25.0 Å². The summed E-state index contributed by atoms with van der Waals surface area (Å²) in [6.07, 6.45) is 7.95. The molecule has 0 atom stereocenters. The maximum Gasteiger partial charge on any atom is 0.226 e. The van der Waals surface area contributed by atoms with Gasteiger partial charge in [0.15, 0.2) is 5.65 Å². The Morgan fingerprint density at radius 2 is 1.95 bits per heavy atom. The van der Waals surface area contributed by atoms with Crippen LogP contribution in [-0.2, 0) is 18.3 Å². The first-order valence-corrected chi connectivity index (χ1v) is 13.4. The maximum absolute atomic E-state index is 5.74. The molecule has 1 aliphatic heterocycles. The fourth-order valence-electron chi connectivity index (χ4n) is 5.35. The fraction of sp³-hybridized carbons (Fsp3) is 0.481. The number of ether oxygens (including phenoxy) is 2. The monoisotopic (exact) mass is 517 g/mol. The van der Waals surface area contributed by atoms with Crippen molar-refractivity contribution >= 4 is 28.5 Å². The van der Waals surface area contributed by atoms with Crippen molar-refractivity contribution in [2.75, 3.05) is 48.9 Å². The molecule has 1 saturated carbocycles. The highest BCUT2D eigenvalue weighted by Crippen LogP contribution is 2.33. The number of aryl methyl sites for hydroxylation is 1. The second-order valence-corrected chi connectivity index (χ2v) is 9.99. The quantitative estimate of drug-likeness (QED) is 0.319. The zero-order chi connectivity index (χ0) is 25.9. The van der Waals surface area contributed by atoms with Gasteiger partial charge in [0.2, 0.25) is 5.95 Å². The molecule has 38 heavy (non-hydrogen) atoms. The minimum Gasteiger partial charge on any atom is -0.496 e. The van der Waals surface area contributed by atoms with Crippen LogP contribution in [0, 0.1) is 0 Å². The molecule has 2 fully saturated rings. The normalized spacial score (nSPS) is 16.6. The number of morpholine rings is 1. The zero-order valence-corrected chi connectivity index (χ0v) is 22.0. The Morgan fingerprint density at radius 3 is 2.71 bits per heavy atom. The number of hydrogen-bond donors (Lipinski definition) is 3. The standard InChI is InChI=1S/C27H35N9O2/c1-35-11-10-21(34-35)24-23-25(29-19-6-4-3-5-7-19)30-27(31-26(23)33-32-24)28-17-18-8-9-20(16-22(18)37-2)36-12-14-38-15-13-36/h8-11,16,19H,3-7,12-15,17H2,1-2H3,(H3,28,29,30,31,32,33). The average Bonchev–Trinajstić information content (AvgIpc) is 3.59. The number of aromatic nitrogens is 6. The molecule has 1 saturated heterocycles. The van der Waals surface area contributed by atoms with Gasteiger partial charge in [-0.3, -0.25) is 9.78 Å². The third kappa shape index (κ3) is 5.10. The van der Waals surface area contributed by atoms with Gasteiger partial charge >= 0.3 is 0 Å². The highest BCUT2D eigenvalue weighted by atomic mass is 16.5. The topological polar surface area (TPSA) is 118 Å². The number of fused-ring (bicyclic) bond motifs is 1. The van der Waals surface area contributed by atoms with Crippen molar-refractivity contribution in [1.29, 1.82) is 0 Å². The number of nitrogens with zero attached hydrogens (tertiary/aromatic N) is 6. The van der Waals surface area contributed by atoms with Crippen LogP contribution < -0.4 is 20.3 Å². The Morgan fingerprint density at radius 1 is 1.11 bits per heavy atom. The Kier molecular flexibility index (Phi) is 7.00. The summed E-state index contributed by atoms with van der Waals surface area (Å²) in [5, 5.41) is 20.2. The van der Waals surface area contributed by atoms with E-state index in [-0.39, 0.29) is 0 Å². The largest absolute Gasteiger partial charge is 0.496 e. The summed E-state index contributed by atoms with van der Waals surface area (Å²) in [7, 11) is 3.61. The number of nitrogens with one attached hydrogen (secondary N) is 3. The van der Waals surface area contributed by atoms with Crippen LogP contribution in [0.2, 0.25) is 0 Å². The highest BCUT2D eigenvalue weighted by molar-refractivity contribution is 5.98. The van der Waals surface area contributed by atoms with E-state index in [0.717, 1.165) is 78.7 Å². The zero-order valence-electron chi connectivity index (χ0n) is 22.0. The predicted octanol–water partition coefficient (Wildman–Crippen LogP) is 3.96. The first kappa shape index (κ1) is 24.5. The predicted molar refractivity (Wildman–Crippen MR) is 148 cm³/mol. The van der Waals surface area contributed by atoms with Crippen molar-refractivity contribution in [1.82, 2.24) is 29.9 Å². The number of aromatic amines is 1. The van der Waals surface area contributed by atoms with Crippen LogP contribution in [0.5, 0.6) is 5.75 Å². The Labute approximate surface area is 221 Å². The number of methoxy groups -OCH3 is 1. The van der Waals surface area contributed by atoms with E-state index in [1.165, 1.54) is 19.3 Å². The number of rotatable bonds is 8. The average molecular weight is 518 g/mol. The first-order chi connectivity index (χ1) is 18.7. The summed E-state index contributed by atoms with van der Waals surface area (Å²) in [6.45, 7) is 3.80. The molecule has 1 aromatic carbocycles. The van der Waals surface area contributed by atoms with Gasteiger partial charge in [-0.1, -0.05) is 25.3 Å². The van der Waals surface area contributed by atoms with Crippen LogP contribution in [-0.4, -0.2) is 69.4 Å². The Balaban J connectivity index is 1.28. The molecule has 200 valence electrons. The first-order valence-electron chi connectivity index (χ1n) is 13.4. The molecule has 0 bridgehead atoms. The van der Waals surface area contributed by atoms with Crippen LogP contribution >= 0.6 is 0 Å². The molecule has 1 aliphatic carbocycles. The second-order valence-electron chi connectivity index (χ2n) is 9.99. The number of H-pyrrole nitrogens is 1. The van der Waals surface area contributed by atoms with E-state index in [4.69, 9.17) is 19.4 Å². The summed E-state index contributed by atoms with van der Waals surface area (Å²) in [5.74, 6) is 2.15. The summed E-state index contributed by atoms with van der Waals surface area (Å²) < 4.78 is 13.0. The van der Waals surface area contributed by atoms with Gasteiger partial charge in [-0.15, -0.1) is 0 Å². The summed E-state index contributed by atoms with van der Waals surface area (Å²) in [6, 6.07) is 8.68. The Hall–Kier alpha value is -3.86. The molecule has 3 aromatic heterocycles. The number of anilines is 3.